The van der Waals surface area contributed by atoms with Gasteiger partial charge in [0.25, 0.3) is 0 Å². The zero-order valence-electron chi connectivity index (χ0n) is 12.2. The Kier molecular flexibility index (Phi) is 4.81. The van der Waals surface area contributed by atoms with Gasteiger partial charge in [0.15, 0.2) is 0 Å². The quantitative estimate of drug-likeness (QED) is 0.646. The number of nitrogens with zero attached hydrogens (tertiary/aromatic N) is 1. The highest BCUT2D eigenvalue weighted by atomic mass is 32.1. The molecule has 0 N–H and O–H groups in total. The van der Waals surface area contributed by atoms with E-state index >= 15 is 0 Å². The van der Waals surface area contributed by atoms with E-state index in [-0.39, 0.29) is 5.97 Å². The number of hydrogen-bond donors (Lipinski definition) is 0. The molecule has 22 heavy (non-hydrogen) atoms. The van der Waals surface area contributed by atoms with Crippen LogP contribution in [0.2, 0.25) is 0 Å². The first-order valence-electron chi connectivity index (χ1n) is 7.35. The molecule has 1 heterocycles. The highest BCUT2D eigenvalue weighted by molar-refractivity contribution is 7.18. The molecule has 0 aliphatic rings. The number of para-hydroxylation sites is 1. The molecule has 1 aromatic heterocycles. The fraction of sp³-hybridized carbons (Fsp3) is 0.222. The minimum Gasteiger partial charge on any atom is -0.465 e. The monoisotopic (exact) mass is 311 g/mol. The van der Waals surface area contributed by atoms with E-state index in [1.165, 1.54) is 4.70 Å². The lowest BCUT2D eigenvalue weighted by Gasteiger charge is -2.03. The fourth-order valence-electron chi connectivity index (χ4n) is 2.24. The first-order chi connectivity index (χ1) is 10.8. The number of benzene rings is 2. The van der Waals surface area contributed by atoms with Gasteiger partial charge < -0.3 is 4.74 Å². The first-order valence-corrected chi connectivity index (χ1v) is 8.17. The van der Waals surface area contributed by atoms with E-state index in [2.05, 4.69) is 11.1 Å². The van der Waals surface area contributed by atoms with E-state index in [0.29, 0.717) is 19.4 Å². The van der Waals surface area contributed by atoms with Crippen LogP contribution in [0, 0.1) is 0 Å². The molecule has 0 radical (unpaired) electrons. The summed E-state index contributed by atoms with van der Waals surface area (Å²) in [6, 6.07) is 18.0. The Morgan fingerprint density at radius 1 is 1.00 bits per heavy atom. The number of aromatic nitrogens is 1. The maximum Gasteiger partial charge on any atom is 0.306 e. The predicted octanol–water partition coefficient (Wildman–Crippen LogP) is 4.01. The molecule has 112 valence electrons. The summed E-state index contributed by atoms with van der Waals surface area (Å²) in [6.07, 6.45) is 1.82. The molecule has 0 saturated carbocycles. The van der Waals surface area contributed by atoms with Crippen molar-refractivity contribution in [1.82, 2.24) is 4.98 Å². The number of carbonyl (C=O) groups excluding carboxylic acids is 1. The van der Waals surface area contributed by atoms with Gasteiger partial charge in [-0.2, -0.15) is 0 Å². The fourth-order valence-corrected chi connectivity index (χ4v) is 3.19. The number of carbonyl (C=O) groups is 1. The van der Waals surface area contributed by atoms with Gasteiger partial charge in [-0.3, -0.25) is 4.79 Å². The third-order valence-electron chi connectivity index (χ3n) is 3.38. The van der Waals surface area contributed by atoms with Crippen LogP contribution in [0.5, 0.6) is 0 Å². The maximum atomic E-state index is 11.7. The molecular formula is C18H17NO2S. The summed E-state index contributed by atoms with van der Waals surface area (Å²) in [5.41, 5.74) is 2.17. The smallest absolute Gasteiger partial charge is 0.306 e. The second-order valence-corrected chi connectivity index (χ2v) is 6.15. The van der Waals surface area contributed by atoms with Crippen molar-refractivity contribution in [2.24, 2.45) is 0 Å². The van der Waals surface area contributed by atoms with Crippen molar-refractivity contribution in [3.8, 4) is 0 Å². The van der Waals surface area contributed by atoms with E-state index in [0.717, 1.165) is 22.5 Å². The minimum absolute atomic E-state index is 0.148. The molecule has 4 heteroatoms. The van der Waals surface area contributed by atoms with E-state index in [4.69, 9.17) is 4.74 Å². The van der Waals surface area contributed by atoms with Crippen molar-refractivity contribution in [3.05, 3.63) is 65.2 Å². The van der Waals surface area contributed by atoms with Crippen LogP contribution < -0.4 is 0 Å². The average molecular weight is 311 g/mol. The SMILES string of the molecule is O=C(CCc1ccccc1)OCCc1nc2ccccc2s1. The summed E-state index contributed by atoms with van der Waals surface area (Å²) in [6.45, 7) is 0.396. The molecule has 0 spiro atoms. The number of rotatable bonds is 6. The van der Waals surface area contributed by atoms with Gasteiger partial charge in [0.05, 0.1) is 21.8 Å². The van der Waals surface area contributed by atoms with Crippen LogP contribution in [0.15, 0.2) is 54.6 Å². The number of hydrogen-bond acceptors (Lipinski definition) is 4. The maximum absolute atomic E-state index is 11.7. The summed E-state index contributed by atoms with van der Waals surface area (Å²) >= 11 is 1.66. The Bertz CT molecular complexity index is 719. The zero-order valence-corrected chi connectivity index (χ0v) is 13.0. The van der Waals surface area contributed by atoms with Crippen LogP contribution in [0.4, 0.5) is 0 Å². The molecule has 0 aliphatic heterocycles. The Morgan fingerprint density at radius 3 is 2.59 bits per heavy atom. The van der Waals surface area contributed by atoms with Gasteiger partial charge >= 0.3 is 5.97 Å². The molecule has 3 aromatic rings. The third kappa shape index (κ3) is 3.92. The van der Waals surface area contributed by atoms with Gasteiger partial charge in [0.1, 0.15) is 0 Å². The molecule has 0 unspecified atom stereocenters. The van der Waals surface area contributed by atoms with Crippen molar-refractivity contribution >= 4 is 27.5 Å². The van der Waals surface area contributed by atoms with Crippen LogP contribution in [-0.2, 0) is 22.4 Å². The third-order valence-corrected chi connectivity index (χ3v) is 4.47. The van der Waals surface area contributed by atoms with Gasteiger partial charge in [-0.25, -0.2) is 4.98 Å². The lowest BCUT2D eigenvalue weighted by molar-refractivity contribution is -0.143. The van der Waals surface area contributed by atoms with Gasteiger partial charge in [-0.1, -0.05) is 42.5 Å². The van der Waals surface area contributed by atoms with E-state index in [1.807, 2.05) is 48.5 Å². The van der Waals surface area contributed by atoms with Crippen molar-refractivity contribution in [3.63, 3.8) is 0 Å². The number of ether oxygens (including phenoxy) is 1. The lowest BCUT2D eigenvalue weighted by atomic mass is 10.1. The van der Waals surface area contributed by atoms with Crippen LogP contribution in [0.1, 0.15) is 17.0 Å². The van der Waals surface area contributed by atoms with Gasteiger partial charge in [0, 0.05) is 12.8 Å². The van der Waals surface area contributed by atoms with Crippen LogP contribution in [0.25, 0.3) is 10.2 Å². The second kappa shape index (κ2) is 7.18. The van der Waals surface area contributed by atoms with Gasteiger partial charge in [0.2, 0.25) is 0 Å². The second-order valence-electron chi connectivity index (χ2n) is 5.03. The molecule has 0 saturated heterocycles. The largest absolute Gasteiger partial charge is 0.465 e. The molecule has 3 nitrogen and oxygen atoms in total. The number of esters is 1. The molecule has 0 atom stereocenters. The average Bonchev–Trinajstić information content (AvgIpc) is 2.96. The Morgan fingerprint density at radius 2 is 1.77 bits per heavy atom. The Labute approximate surface area is 133 Å². The van der Waals surface area contributed by atoms with Gasteiger partial charge in [-0.05, 0) is 24.1 Å². The van der Waals surface area contributed by atoms with E-state index < -0.39 is 0 Å². The van der Waals surface area contributed by atoms with Crippen molar-refractivity contribution < 1.29 is 9.53 Å². The summed E-state index contributed by atoms with van der Waals surface area (Å²) in [7, 11) is 0. The molecule has 0 aliphatic carbocycles. The Balaban J connectivity index is 1.43. The normalized spacial score (nSPS) is 10.7. The summed E-state index contributed by atoms with van der Waals surface area (Å²) in [5, 5.41) is 1.01. The highest BCUT2D eigenvalue weighted by Gasteiger charge is 2.06. The predicted molar refractivity (Wildman–Crippen MR) is 89.0 cm³/mol. The van der Waals surface area contributed by atoms with Crippen molar-refractivity contribution in [1.29, 1.82) is 0 Å². The minimum atomic E-state index is -0.148. The first kappa shape index (κ1) is 14.7. The summed E-state index contributed by atoms with van der Waals surface area (Å²) in [4.78, 5) is 16.3. The van der Waals surface area contributed by atoms with E-state index in [9.17, 15) is 4.79 Å². The van der Waals surface area contributed by atoms with Crippen LogP contribution in [0.3, 0.4) is 0 Å². The van der Waals surface area contributed by atoms with E-state index in [1.54, 1.807) is 11.3 Å². The van der Waals surface area contributed by atoms with Gasteiger partial charge in [-0.15, -0.1) is 11.3 Å². The Hall–Kier alpha value is -2.20. The topological polar surface area (TPSA) is 39.2 Å². The molecule has 0 amide bonds. The summed E-state index contributed by atoms with van der Waals surface area (Å²) in [5.74, 6) is -0.148. The number of aryl methyl sites for hydroxylation is 1. The summed E-state index contributed by atoms with van der Waals surface area (Å²) < 4.78 is 6.47. The van der Waals surface area contributed by atoms with Crippen LogP contribution in [-0.4, -0.2) is 17.6 Å². The molecule has 0 bridgehead atoms. The van der Waals surface area contributed by atoms with Crippen molar-refractivity contribution in [2.45, 2.75) is 19.3 Å². The zero-order chi connectivity index (χ0) is 15.2. The van der Waals surface area contributed by atoms with Crippen molar-refractivity contribution in [2.75, 3.05) is 6.61 Å². The highest BCUT2D eigenvalue weighted by Crippen LogP contribution is 2.21. The lowest BCUT2D eigenvalue weighted by Crippen LogP contribution is -2.08. The number of fused-ring (bicyclic) bond motifs is 1. The molecule has 0 fully saturated rings. The number of thiazole rings is 1. The van der Waals surface area contributed by atoms with Crippen LogP contribution >= 0.6 is 11.3 Å². The standard InChI is InChI=1S/C18H17NO2S/c20-18(11-10-14-6-2-1-3-7-14)21-13-12-17-19-15-8-4-5-9-16(15)22-17/h1-9H,10-13H2. The molecular weight excluding hydrogens is 294 g/mol. The molecule has 2 aromatic carbocycles. The molecule has 3 rings (SSSR count).